The number of rotatable bonds is 5. The van der Waals surface area contributed by atoms with Gasteiger partial charge in [0.15, 0.2) is 0 Å². The monoisotopic (exact) mass is 358 g/mol. The Hall–Kier alpha value is -2.79. The summed E-state index contributed by atoms with van der Waals surface area (Å²) in [6.45, 7) is 2.19. The first-order valence-electron chi connectivity index (χ1n) is 7.69. The molecular weight excluding hydrogens is 344 g/mol. The molecule has 1 aromatic heterocycles. The minimum Gasteiger partial charge on any atom is -0.489 e. The fourth-order valence-electron chi connectivity index (χ4n) is 2.33. The summed E-state index contributed by atoms with van der Waals surface area (Å²) in [6.07, 6.45) is 0. The van der Waals surface area contributed by atoms with Crippen molar-refractivity contribution in [3.63, 3.8) is 0 Å². The summed E-state index contributed by atoms with van der Waals surface area (Å²) in [6, 6.07) is 13.9. The lowest BCUT2D eigenvalue weighted by Gasteiger charge is -2.08. The summed E-state index contributed by atoms with van der Waals surface area (Å²) < 4.78 is 15.8. The Kier molecular flexibility index (Phi) is 5.05. The standard InChI is InChI=1S/C19H15ClO5/c1-2-23-18(21)16-9-13-6-7-15(10-17(13)25-19(16)22)24-11-12-4-3-5-14(20)8-12/h3-10H,2,11H2,1H3. The Labute approximate surface area is 148 Å². The maximum atomic E-state index is 12.0. The number of halogens is 1. The summed E-state index contributed by atoms with van der Waals surface area (Å²) in [5.41, 5.74) is 0.397. The smallest absolute Gasteiger partial charge is 0.351 e. The number of carbonyl (C=O) groups excluding carboxylic acids is 1. The van der Waals surface area contributed by atoms with Gasteiger partial charge in [0.25, 0.3) is 0 Å². The third-order valence-corrected chi connectivity index (χ3v) is 3.73. The van der Waals surface area contributed by atoms with Crippen LogP contribution in [-0.2, 0) is 11.3 Å². The predicted molar refractivity (Wildman–Crippen MR) is 94.2 cm³/mol. The van der Waals surface area contributed by atoms with Crippen LogP contribution in [0.2, 0.25) is 5.02 Å². The minimum atomic E-state index is -0.738. The Morgan fingerprint density at radius 2 is 2.00 bits per heavy atom. The van der Waals surface area contributed by atoms with Crippen molar-refractivity contribution in [1.82, 2.24) is 0 Å². The quantitative estimate of drug-likeness (QED) is 0.505. The van der Waals surface area contributed by atoms with Crippen molar-refractivity contribution >= 4 is 28.5 Å². The maximum absolute atomic E-state index is 12.0. The highest BCUT2D eigenvalue weighted by molar-refractivity contribution is 6.30. The van der Waals surface area contributed by atoms with Gasteiger partial charge in [-0.05, 0) is 42.8 Å². The van der Waals surface area contributed by atoms with Gasteiger partial charge in [0.05, 0.1) is 6.61 Å². The second-order valence-electron chi connectivity index (χ2n) is 5.29. The van der Waals surface area contributed by atoms with E-state index in [1.165, 1.54) is 6.07 Å². The van der Waals surface area contributed by atoms with Gasteiger partial charge >= 0.3 is 11.6 Å². The van der Waals surface area contributed by atoms with Gasteiger partial charge in [0.2, 0.25) is 0 Å². The molecule has 0 aliphatic rings. The molecule has 6 heteroatoms. The molecule has 0 aliphatic carbocycles. The van der Waals surface area contributed by atoms with Gasteiger partial charge in [-0.1, -0.05) is 23.7 Å². The number of ether oxygens (including phenoxy) is 2. The Morgan fingerprint density at radius 1 is 1.16 bits per heavy atom. The SMILES string of the molecule is CCOC(=O)c1cc2ccc(OCc3cccc(Cl)c3)cc2oc1=O. The molecule has 0 amide bonds. The molecule has 0 unspecified atom stereocenters. The van der Waals surface area contributed by atoms with Gasteiger partial charge in [0.1, 0.15) is 23.5 Å². The first-order valence-corrected chi connectivity index (χ1v) is 8.07. The van der Waals surface area contributed by atoms with E-state index in [0.29, 0.717) is 28.3 Å². The second kappa shape index (κ2) is 7.40. The summed E-state index contributed by atoms with van der Waals surface area (Å²) >= 11 is 5.94. The van der Waals surface area contributed by atoms with E-state index in [2.05, 4.69) is 0 Å². The van der Waals surface area contributed by atoms with Crippen molar-refractivity contribution < 1.29 is 18.7 Å². The van der Waals surface area contributed by atoms with Crippen LogP contribution in [0.5, 0.6) is 5.75 Å². The molecule has 25 heavy (non-hydrogen) atoms. The Morgan fingerprint density at radius 3 is 2.76 bits per heavy atom. The first-order chi connectivity index (χ1) is 12.1. The highest BCUT2D eigenvalue weighted by Crippen LogP contribution is 2.22. The summed E-state index contributed by atoms with van der Waals surface area (Å²) in [7, 11) is 0. The van der Waals surface area contributed by atoms with Gasteiger partial charge in [-0.2, -0.15) is 0 Å². The van der Waals surface area contributed by atoms with Crippen LogP contribution in [-0.4, -0.2) is 12.6 Å². The molecule has 0 bridgehead atoms. The molecule has 0 spiro atoms. The van der Waals surface area contributed by atoms with Crippen molar-refractivity contribution in [2.75, 3.05) is 6.61 Å². The van der Waals surface area contributed by atoms with Gasteiger partial charge in [-0.25, -0.2) is 9.59 Å². The van der Waals surface area contributed by atoms with Crippen molar-refractivity contribution in [3.8, 4) is 5.75 Å². The number of hydrogen-bond donors (Lipinski definition) is 0. The average molecular weight is 359 g/mol. The van der Waals surface area contributed by atoms with E-state index in [-0.39, 0.29) is 12.2 Å². The third-order valence-electron chi connectivity index (χ3n) is 3.50. The van der Waals surface area contributed by atoms with E-state index in [1.807, 2.05) is 18.2 Å². The van der Waals surface area contributed by atoms with E-state index >= 15 is 0 Å². The highest BCUT2D eigenvalue weighted by atomic mass is 35.5. The summed E-state index contributed by atoms with van der Waals surface area (Å²) in [5, 5.41) is 1.25. The van der Waals surface area contributed by atoms with Crippen molar-refractivity contribution in [2.45, 2.75) is 13.5 Å². The molecule has 0 fully saturated rings. The van der Waals surface area contributed by atoms with E-state index < -0.39 is 11.6 Å². The zero-order valence-corrected chi connectivity index (χ0v) is 14.2. The Bertz CT molecular complexity index is 977. The molecule has 0 atom stereocenters. The number of fused-ring (bicyclic) bond motifs is 1. The highest BCUT2D eigenvalue weighted by Gasteiger charge is 2.15. The van der Waals surface area contributed by atoms with E-state index in [1.54, 1.807) is 31.2 Å². The van der Waals surface area contributed by atoms with E-state index in [0.717, 1.165) is 5.56 Å². The lowest BCUT2D eigenvalue weighted by molar-refractivity contribution is 0.0522. The van der Waals surface area contributed by atoms with Crippen LogP contribution >= 0.6 is 11.6 Å². The minimum absolute atomic E-state index is 0.123. The Balaban J connectivity index is 1.84. The normalized spacial score (nSPS) is 10.6. The number of esters is 1. The van der Waals surface area contributed by atoms with Crippen LogP contribution in [0.15, 0.2) is 57.7 Å². The van der Waals surface area contributed by atoms with Gasteiger partial charge in [0, 0.05) is 16.5 Å². The third kappa shape index (κ3) is 4.00. The van der Waals surface area contributed by atoms with E-state index in [9.17, 15) is 9.59 Å². The van der Waals surface area contributed by atoms with Crippen LogP contribution < -0.4 is 10.4 Å². The van der Waals surface area contributed by atoms with Crippen LogP contribution in [0.3, 0.4) is 0 Å². The molecule has 0 aliphatic heterocycles. The number of carbonyl (C=O) groups is 1. The topological polar surface area (TPSA) is 65.7 Å². The average Bonchev–Trinajstić information content (AvgIpc) is 2.59. The molecule has 3 aromatic rings. The molecule has 0 saturated heterocycles. The lowest BCUT2D eigenvalue weighted by atomic mass is 10.2. The van der Waals surface area contributed by atoms with Crippen LogP contribution in [0, 0.1) is 0 Å². The number of benzene rings is 2. The largest absolute Gasteiger partial charge is 0.489 e. The molecule has 128 valence electrons. The number of hydrogen-bond acceptors (Lipinski definition) is 5. The molecule has 5 nitrogen and oxygen atoms in total. The summed E-state index contributed by atoms with van der Waals surface area (Å²) in [4.78, 5) is 23.7. The molecule has 2 aromatic carbocycles. The van der Waals surface area contributed by atoms with Gasteiger partial charge in [-0.15, -0.1) is 0 Å². The predicted octanol–water partition coefficient (Wildman–Crippen LogP) is 4.20. The van der Waals surface area contributed by atoms with Crippen LogP contribution in [0.25, 0.3) is 11.0 Å². The van der Waals surface area contributed by atoms with E-state index in [4.69, 9.17) is 25.5 Å². The molecule has 0 radical (unpaired) electrons. The van der Waals surface area contributed by atoms with Crippen LogP contribution in [0.4, 0.5) is 0 Å². The van der Waals surface area contributed by atoms with Crippen molar-refractivity contribution in [3.05, 3.63) is 75.1 Å². The summed E-state index contributed by atoms with van der Waals surface area (Å²) in [5.74, 6) is -0.154. The zero-order chi connectivity index (χ0) is 17.8. The fraction of sp³-hybridized carbons (Fsp3) is 0.158. The van der Waals surface area contributed by atoms with Gasteiger partial charge in [-0.3, -0.25) is 0 Å². The van der Waals surface area contributed by atoms with Crippen molar-refractivity contribution in [2.24, 2.45) is 0 Å². The first kappa shape index (κ1) is 17.0. The fourth-order valence-corrected chi connectivity index (χ4v) is 2.54. The lowest BCUT2D eigenvalue weighted by Crippen LogP contribution is -2.16. The molecule has 0 N–H and O–H groups in total. The van der Waals surface area contributed by atoms with Crippen LogP contribution in [0.1, 0.15) is 22.8 Å². The molecule has 1 heterocycles. The molecule has 0 saturated carbocycles. The van der Waals surface area contributed by atoms with Gasteiger partial charge < -0.3 is 13.9 Å². The maximum Gasteiger partial charge on any atom is 0.351 e. The van der Waals surface area contributed by atoms with Crippen molar-refractivity contribution in [1.29, 1.82) is 0 Å². The molecular formula is C19H15ClO5. The zero-order valence-electron chi connectivity index (χ0n) is 13.5. The molecule has 3 rings (SSSR count). The second-order valence-corrected chi connectivity index (χ2v) is 5.72.